The van der Waals surface area contributed by atoms with Crippen molar-refractivity contribution in [3.8, 4) is 0 Å². The van der Waals surface area contributed by atoms with E-state index < -0.39 is 14.9 Å². The van der Waals surface area contributed by atoms with Crippen molar-refractivity contribution < 1.29 is 18.1 Å². The molecule has 3 rings (SSSR count). The number of non-ortho nitro benzene ring substituents is 1. The zero-order valence-electron chi connectivity index (χ0n) is 15.9. The lowest BCUT2D eigenvalue weighted by atomic mass is 10.2. The van der Waals surface area contributed by atoms with Crippen LogP contribution in [0.5, 0.6) is 0 Å². The Balaban J connectivity index is 1.65. The van der Waals surface area contributed by atoms with Gasteiger partial charge >= 0.3 is 0 Å². The van der Waals surface area contributed by atoms with E-state index in [9.17, 15) is 23.3 Å². The van der Waals surface area contributed by atoms with Gasteiger partial charge in [-0.1, -0.05) is 6.07 Å². The highest BCUT2D eigenvalue weighted by molar-refractivity contribution is 7.92. The lowest BCUT2D eigenvalue weighted by molar-refractivity contribution is -0.385. The number of sulfonamides is 1. The number of imidazole rings is 1. The van der Waals surface area contributed by atoms with Crippen molar-refractivity contribution in [3.63, 3.8) is 0 Å². The summed E-state index contributed by atoms with van der Waals surface area (Å²) in [4.78, 5) is 26.3. The number of benzene rings is 2. The highest BCUT2D eigenvalue weighted by atomic mass is 32.2. The summed E-state index contributed by atoms with van der Waals surface area (Å²) in [6.45, 7) is 2.42. The maximum absolute atomic E-state index is 12.5. The Morgan fingerprint density at radius 3 is 2.60 bits per heavy atom. The van der Waals surface area contributed by atoms with E-state index in [-0.39, 0.29) is 28.2 Å². The molecule has 0 radical (unpaired) electrons. The average Bonchev–Trinajstić information content (AvgIpc) is 3.21. The molecule has 1 unspecified atom stereocenters. The first kappa shape index (κ1) is 21.0. The number of carbonyl (C=O) groups is 1. The van der Waals surface area contributed by atoms with Gasteiger partial charge in [-0.2, -0.15) is 0 Å². The van der Waals surface area contributed by atoms with E-state index in [1.54, 1.807) is 18.7 Å². The van der Waals surface area contributed by atoms with Gasteiger partial charge in [0.15, 0.2) is 0 Å². The Bertz CT molecular complexity index is 1140. The van der Waals surface area contributed by atoms with Gasteiger partial charge in [0.1, 0.15) is 0 Å². The van der Waals surface area contributed by atoms with Crippen LogP contribution < -0.4 is 10.0 Å². The second-order valence-corrected chi connectivity index (χ2v) is 8.25. The quantitative estimate of drug-likeness (QED) is 0.417. The van der Waals surface area contributed by atoms with Gasteiger partial charge in [-0.25, -0.2) is 13.4 Å². The average molecular weight is 429 g/mol. The molecule has 30 heavy (non-hydrogen) atoms. The minimum atomic E-state index is -4.01. The topological polar surface area (TPSA) is 136 Å². The van der Waals surface area contributed by atoms with Crippen molar-refractivity contribution in [2.45, 2.75) is 24.4 Å². The summed E-state index contributed by atoms with van der Waals surface area (Å²) in [5.41, 5.74) is 0.269. The van der Waals surface area contributed by atoms with Crippen LogP contribution >= 0.6 is 0 Å². The zero-order valence-corrected chi connectivity index (χ0v) is 16.7. The van der Waals surface area contributed by atoms with Crippen LogP contribution in [-0.4, -0.2) is 34.8 Å². The molecule has 11 heteroatoms. The third-order valence-electron chi connectivity index (χ3n) is 4.16. The van der Waals surface area contributed by atoms with Gasteiger partial charge in [0.2, 0.25) is 0 Å². The van der Waals surface area contributed by atoms with E-state index in [0.29, 0.717) is 12.1 Å². The summed E-state index contributed by atoms with van der Waals surface area (Å²) in [7, 11) is -4.01. The fourth-order valence-electron chi connectivity index (χ4n) is 2.73. The number of hydrogen-bond donors (Lipinski definition) is 2. The van der Waals surface area contributed by atoms with Crippen LogP contribution in [-0.2, 0) is 16.6 Å². The van der Waals surface area contributed by atoms with Crippen LogP contribution in [0.4, 0.5) is 11.4 Å². The van der Waals surface area contributed by atoms with E-state index in [1.165, 1.54) is 42.5 Å². The highest BCUT2D eigenvalue weighted by Crippen LogP contribution is 2.20. The van der Waals surface area contributed by atoms with Gasteiger partial charge in [0, 0.05) is 48.4 Å². The van der Waals surface area contributed by atoms with Crippen molar-refractivity contribution in [2.24, 2.45) is 0 Å². The fraction of sp³-hybridized carbons (Fsp3) is 0.158. The SMILES string of the molecule is CC(Cn1ccnc1)NC(=O)c1ccc(NS(=O)(=O)c2cccc([N+](=O)[O-])c2)cc1. The molecule has 3 aromatic rings. The Morgan fingerprint density at radius 1 is 1.23 bits per heavy atom. The summed E-state index contributed by atoms with van der Waals surface area (Å²) in [6, 6.07) is 10.5. The number of nitro benzene ring substituents is 1. The Labute approximate surface area is 172 Å². The number of nitrogens with one attached hydrogen (secondary N) is 2. The molecule has 2 aromatic carbocycles. The number of anilines is 1. The first-order valence-electron chi connectivity index (χ1n) is 8.88. The second kappa shape index (κ2) is 8.74. The molecular formula is C19H19N5O5S. The summed E-state index contributed by atoms with van der Waals surface area (Å²) >= 11 is 0. The minimum Gasteiger partial charge on any atom is -0.348 e. The van der Waals surface area contributed by atoms with Gasteiger partial charge in [-0.3, -0.25) is 19.6 Å². The van der Waals surface area contributed by atoms with Crippen LogP contribution in [0.1, 0.15) is 17.3 Å². The van der Waals surface area contributed by atoms with Crippen molar-refractivity contribution in [1.82, 2.24) is 14.9 Å². The molecule has 0 saturated carbocycles. The molecule has 0 fully saturated rings. The number of nitro groups is 1. The molecule has 2 N–H and O–H groups in total. The second-order valence-electron chi connectivity index (χ2n) is 6.57. The normalized spacial score (nSPS) is 12.2. The first-order chi connectivity index (χ1) is 14.2. The molecule has 0 bridgehead atoms. The fourth-order valence-corrected chi connectivity index (χ4v) is 3.83. The van der Waals surface area contributed by atoms with E-state index in [0.717, 1.165) is 6.07 Å². The van der Waals surface area contributed by atoms with Gasteiger partial charge in [-0.05, 0) is 37.3 Å². The van der Waals surface area contributed by atoms with Crippen LogP contribution in [0, 0.1) is 10.1 Å². The Morgan fingerprint density at radius 2 is 1.97 bits per heavy atom. The molecule has 1 atom stereocenters. The van der Waals surface area contributed by atoms with Gasteiger partial charge in [0.25, 0.3) is 21.6 Å². The number of nitrogens with zero attached hydrogens (tertiary/aromatic N) is 3. The molecule has 0 aliphatic heterocycles. The van der Waals surface area contributed by atoms with Gasteiger partial charge < -0.3 is 9.88 Å². The number of amides is 1. The summed E-state index contributed by atoms with van der Waals surface area (Å²) < 4.78 is 29.1. The smallest absolute Gasteiger partial charge is 0.270 e. The molecule has 0 aliphatic rings. The summed E-state index contributed by atoms with van der Waals surface area (Å²) in [5, 5.41) is 13.7. The van der Waals surface area contributed by atoms with Crippen molar-refractivity contribution in [2.75, 3.05) is 4.72 Å². The molecule has 156 valence electrons. The van der Waals surface area contributed by atoms with E-state index in [4.69, 9.17) is 0 Å². The number of hydrogen-bond acceptors (Lipinski definition) is 6. The van der Waals surface area contributed by atoms with Crippen molar-refractivity contribution >= 4 is 27.3 Å². The van der Waals surface area contributed by atoms with E-state index in [1.807, 2.05) is 11.5 Å². The maximum atomic E-state index is 12.5. The van der Waals surface area contributed by atoms with Crippen molar-refractivity contribution in [1.29, 1.82) is 0 Å². The standard InChI is InChI=1S/C19H19N5O5S/c1-14(12-23-10-9-20-13-23)21-19(25)15-5-7-16(8-6-15)22-30(28,29)18-4-2-3-17(11-18)24(26)27/h2-11,13-14,22H,12H2,1H3,(H,21,25). The van der Waals surface area contributed by atoms with Crippen LogP contribution in [0.3, 0.4) is 0 Å². The highest BCUT2D eigenvalue weighted by Gasteiger charge is 2.18. The lowest BCUT2D eigenvalue weighted by Crippen LogP contribution is -2.35. The van der Waals surface area contributed by atoms with Crippen LogP contribution in [0.2, 0.25) is 0 Å². The first-order valence-corrected chi connectivity index (χ1v) is 10.4. The van der Waals surface area contributed by atoms with Gasteiger partial charge in [-0.15, -0.1) is 0 Å². The van der Waals surface area contributed by atoms with Crippen LogP contribution in [0.25, 0.3) is 0 Å². The van der Waals surface area contributed by atoms with Gasteiger partial charge in [0.05, 0.1) is 16.1 Å². The number of aromatic nitrogens is 2. The molecule has 1 amide bonds. The van der Waals surface area contributed by atoms with E-state index >= 15 is 0 Å². The molecular weight excluding hydrogens is 410 g/mol. The molecule has 0 saturated heterocycles. The minimum absolute atomic E-state index is 0.140. The number of carbonyl (C=O) groups excluding carboxylic acids is 1. The molecule has 1 aromatic heterocycles. The van der Waals surface area contributed by atoms with Crippen LogP contribution in [0.15, 0.2) is 72.1 Å². The maximum Gasteiger partial charge on any atom is 0.270 e. The van der Waals surface area contributed by atoms with E-state index in [2.05, 4.69) is 15.0 Å². The molecule has 1 heterocycles. The third-order valence-corrected chi connectivity index (χ3v) is 5.54. The monoisotopic (exact) mass is 429 g/mol. The molecule has 0 aliphatic carbocycles. The largest absolute Gasteiger partial charge is 0.348 e. The molecule has 0 spiro atoms. The number of rotatable bonds is 8. The summed E-state index contributed by atoms with van der Waals surface area (Å²) in [6.07, 6.45) is 5.11. The Hall–Kier alpha value is -3.73. The summed E-state index contributed by atoms with van der Waals surface area (Å²) in [5.74, 6) is -0.296. The Kier molecular flexibility index (Phi) is 6.11. The predicted octanol–water partition coefficient (Wildman–Crippen LogP) is 2.41. The molecule has 10 nitrogen and oxygen atoms in total. The lowest BCUT2D eigenvalue weighted by Gasteiger charge is -2.15. The van der Waals surface area contributed by atoms with Crippen molar-refractivity contribution in [3.05, 3.63) is 82.9 Å². The third kappa shape index (κ3) is 5.20. The zero-order chi connectivity index (χ0) is 21.7. The predicted molar refractivity (Wildman–Crippen MR) is 110 cm³/mol.